The molecule has 3 aromatic rings. The third kappa shape index (κ3) is 4.86. The standard InChI is InChI=1S/C36H35F3N2O4/c1-40(31(43)17-10-22-8-12-25(13-9-22)36(37,38)39)27-15-14-26-28-20-24-11-16-30(44-2)33-32(24)35(26,34(27)45-33)18-19-41(28)21-29(42)23-6-4-3-5-7-23/h3-9,11-13,16,26-29,34,42H,14-15,18-21H2,1-2H3/t26-,27-,28+,29?,34-,35-/m0/s1. The number of likely N-dealkylation sites (tertiary alicyclic amines) is 1. The average molecular weight is 617 g/mol. The number of methoxy groups -OCH3 is 1. The summed E-state index contributed by atoms with van der Waals surface area (Å²) in [5, 5.41) is 11.2. The number of carbonyl (C=O) groups is 1. The fourth-order valence-electron chi connectivity index (χ4n) is 8.48. The van der Waals surface area contributed by atoms with Crippen LogP contribution in [-0.2, 0) is 22.8 Å². The van der Waals surface area contributed by atoms with E-state index in [1.54, 1.807) is 19.1 Å². The number of hydrogen-bond acceptors (Lipinski definition) is 5. The first-order valence-corrected chi connectivity index (χ1v) is 15.4. The summed E-state index contributed by atoms with van der Waals surface area (Å²) in [4.78, 5) is 17.5. The first-order chi connectivity index (χ1) is 21.6. The number of alkyl halides is 3. The van der Waals surface area contributed by atoms with Crippen molar-refractivity contribution in [1.82, 2.24) is 9.80 Å². The number of rotatable bonds is 5. The lowest BCUT2D eigenvalue weighted by molar-refractivity contribution is -0.137. The van der Waals surface area contributed by atoms with E-state index in [0.29, 0.717) is 17.9 Å². The fraction of sp³-hybridized carbons (Fsp3) is 0.417. The van der Waals surface area contributed by atoms with E-state index in [9.17, 15) is 23.1 Å². The molecule has 7 rings (SSSR count). The lowest BCUT2D eigenvalue weighted by Crippen LogP contribution is -2.69. The van der Waals surface area contributed by atoms with Gasteiger partial charge in [-0.1, -0.05) is 42.3 Å². The average Bonchev–Trinajstić information content (AvgIpc) is 3.39. The molecule has 3 aromatic carbocycles. The maximum absolute atomic E-state index is 13.4. The number of ether oxygens (including phenoxy) is 2. The predicted octanol–water partition coefficient (Wildman–Crippen LogP) is 5.37. The second kappa shape index (κ2) is 11.1. The van der Waals surface area contributed by atoms with Crippen molar-refractivity contribution < 1.29 is 32.5 Å². The highest BCUT2D eigenvalue weighted by molar-refractivity contribution is 5.94. The number of likely N-dealkylation sites (N-methyl/N-ethyl adjacent to an activating group) is 1. The fourth-order valence-corrected chi connectivity index (χ4v) is 8.48. The van der Waals surface area contributed by atoms with Gasteiger partial charge in [-0.25, -0.2) is 0 Å². The lowest BCUT2D eigenvalue weighted by atomic mass is 9.51. The quantitative estimate of drug-likeness (QED) is 0.391. The van der Waals surface area contributed by atoms with Gasteiger partial charge in [-0.2, -0.15) is 13.2 Å². The molecule has 2 aliphatic heterocycles. The van der Waals surface area contributed by atoms with Gasteiger partial charge in [0.05, 0.1) is 24.8 Å². The van der Waals surface area contributed by atoms with Crippen molar-refractivity contribution in [3.05, 3.63) is 94.5 Å². The Hall–Kier alpha value is -4.00. The van der Waals surface area contributed by atoms with E-state index in [-0.39, 0.29) is 29.5 Å². The zero-order valence-electron chi connectivity index (χ0n) is 25.2. The topological polar surface area (TPSA) is 62.2 Å². The number of aliphatic hydroxyl groups is 1. The van der Waals surface area contributed by atoms with E-state index in [1.807, 2.05) is 36.4 Å². The number of carbonyl (C=O) groups excluding carboxylic acids is 1. The second-order valence-corrected chi connectivity index (χ2v) is 12.6. The van der Waals surface area contributed by atoms with Crippen molar-refractivity contribution in [3.63, 3.8) is 0 Å². The first-order valence-electron chi connectivity index (χ1n) is 15.4. The predicted molar refractivity (Wildman–Crippen MR) is 162 cm³/mol. The Morgan fingerprint density at radius 3 is 2.60 bits per heavy atom. The molecule has 4 aliphatic rings. The van der Waals surface area contributed by atoms with Gasteiger partial charge < -0.3 is 19.5 Å². The van der Waals surface area contributed by atoms with Crippen LogP contribution >= 0.6 is 0 Å². The number of hydrogen-bond donors (Lipinski definition) is 1. The van der Waals surface area contributed by atoms with E-state index in [1.165, 1.54) is 23.3 Å². The summed E-state index contributed by atoms with van der Waals surface area (Å²) in [6.07, 6.45) is -2.04. The van der Waals surface area contributed by atoms with Crippen LogP contribution in [0.3, 0.4) is 0 Å². The first kappa shape index (κ1) is 29.7. The van der Waals surface area contributed by atoms with Gasteiger partial charge in [0, 0.05) is 42.1 Å². The summed E-state index contributed by atoms with van der Waals surface area (Å²) in [5.41, 5.74) is 2.61. The van der Waals surface area contributed by atoms with Crippen molar-refractivity contribution in [2.45, 2.75) is 61.6 Å². The van der Waals surface area contributed by atoms with E-state index in [2.05, 4.69) is 22.8 Å². The molecule has 1 unspecified atom stereocenters. The number of piperidine rings is 1. The molecule has 45 heavy (non-hydrogen) atoms. The maximum atomic E-state index is 13.4. The minimum atomic E-state index is -4.43. The molecule has 2 fully saturated rings. The van der Waals surface area contributed by atoms with Gasteiger partial charge in [0.2, 0.25) is 0 Å². The van der Waals surface area contributed by atoms with Crippen LogP contribution in [0, 0.1) is 17.8 Å². The Balaban J connectivity index is 1.18. The van der Waals surface area contributed by atoms with Gasteiger partial charge >= 0.3 is 6.18 Å². The molecule has 2 bridgehead atoms. The number of β-amino-alcohol motifs (C(OH)–C–C–N with tert-alkyl or cyclic N) is 1. The zero-order chi connectivity index (χ0) is 31.5. The third-order valence-electron chi connectivity index (χ3n) is 10.5. The van der Waals surface area contributed by atoms with Crippen molar-refractivity contribution in [1.29, 1.82) is 0 Å². The summed E-state index contributed by atoms with van der Waals surface area (Å²) in [7, 11) is 3.38. The van der Waals surface area contributed by atoms with Crippen LogP contribution in [0.1, 0.15) is 53.2 Å². The number of aliphatic hydroxyl groups excluding tert-OH is 1. The molecular formula is C36H35F3N2O4. The maximum Gasteiger partial charge on any atom is 0.416 e. The number of benzene rings is 3. The Bertz CT molecular complexity index is 1670. The molecule has 9 heteroatoms. The minimum absolute atomic E-state index is 0.219. The van der Waals surface area contributed by atoms with Crippen molar-refractivity contribution in [3.8, 4) is 23.3 Å². The monoisotopic (exact) mass is 616 g/mol. The van der Waals surface area contributed by atoms with Crippen LogP contribution in [0.25, 0.3) is 0 Å². The number of halogens is 3. The van der Waals surface area contributed by atoms with Crippen LogP contribution in [-0.4, -0.2) is 66.2 Å². The van der Waals surface area contributed by atoms with Crippen LogP contribution in [0.5, 0.6) is 11.5 Å². The lowest BCUT2D eigenvalue weighted by Gasteiger charge is -2.60. The van der Waals surface area contributed by atoms with Gasteiger partial charge in [0.1, 0.15) is 6.10 Å². The molecule has 1 N–H and O–H groups in total. The summed E-state index contributed by atoms with van der Waals surface area (Å²) >= 11 is 0. The SMILES string of the molecule is COc1ccc2c3c1O[C@H]1[C@@H](N(C)C(=O)C#Cc4ccc(C(F)(F)F)cc4)CC[C@H]4[C@@H](C2)N(CC(O)c2ccccc2)CC[C@@]341. The van der Waals surface area contributed by atoms with Crippen LogP contribution < -0.4 is 9.47 Å². The van der Waals surface area contributed by atoms with E-state index < -0.39 is 23.8 Å². The van der Waals surface area contributed by atoms with Gasteiger partial charge in [0.25, 0.3) is 5.91 Å². The van der Waals surface area contributed by atoms with Gasteiger partial charge in [-0.15, -0.1) is 0 Å². The molecule has 1 amide bonds. The summed E-state index contributed by atoms with van der Waals surface area (Å²) in [6.45, 7) is 1.34. The van der Waals surface area contributed by atoms with Gasteiger partial charge in [0.15, 0.2) is 11.5 Å². The van der Waals surface area contributed by atoms with E-state index >= 15 is 0 Å². The molecular weight excluding hydrogens is 581 g/mol. The minimum Gasteiger partial charge on any atom is -0.493 e. The molecule has 0 aromatic heterocycles. The molecule has 6 atom stereocenters. The Labute approximate surface area is 260 Å². The highest BCUT2D eigenvalue weighted by atomic mass is 19.4. The number of nitrogens with zero attached hydrogens (tertiary/aromatic N) is 2. The summed E-state index contributed by atoms with van der Waals surface area (Å²) < 4.78 is 51.5. The molecule has 1 saturated carbocycles. The smallest absolute Gasteiger partial charge is 0.416 e. The van der Waals surface area contributed by atoms with Gasteiger partial charge in [-0.3, -0.25) is 9.69 Å². The largest absolute Gasteiger partial charge is 0.493 e. The Morgan fingerprint density at radius 1 is 1.13 bits per heavy atom. The van der Waals surface area contributed by atoms with Crippen LogP contribution in [0.2, 0.25) is 0 Å². The molecule has 1 saturated heterocycles. The normalized spacial score (nSPS) is 27.0. The number of amides is 1. The second-order valence-electron chi connectivity index (χ2n) is 12.6. The molecule has 2 heterocycles. The summed E-state index contributed by atoms with van der Waals surface area (Å²) in [5.74, 6) is 6.72. The van der Waals surface area contributed by atoms with Crippen LogP contribution in [0.4, 0.5) is 13.2 Å². The van der Waals surface area contributed by atoms with Crippen LogP contribution in [0.15, 0.2) is 66.7 Å². The molecule has 0 radical (unpaired) electrons. The van der Waals surface area contributed by atoms with E-state index in [4.69, 9.17) is 9.47 Å². The third-order valence-corrected chi connectivity index (χ3v) is 10.5. The van der Waals surface area contributed by atoms with E-state index in [0.717, 1.165) is 55.7 Å². The Morgan fingerprint density at radius 2 is 1.89 bits per heavy atom. The summed E-state index contributed by atoms with van der Waals surface area (Å²) in [6, 6.07) is 18.3. The molecule has 234 valence electrons. The van der Waals surface area contributed by atoms with Gasteiger partial charge in [-0.05, 0) is 79.6 Å². The van der Waals surface area contributed by atoms with Crippen molar-refractivity contribution in [2.24, 2.45) is 5.92 Å². The van der Waals surface area contributed by atoms with Crippen molar-refractivity contribution in [2.75, 3.05) is 27.2 Å². The molecule has 6 nitrogen and oxygen atoms in total. The highest BCUT2D eigenvalue weighted by Crippen LogP contribution is 2.64. The Kier molecular flexibility index (Phi) is 7.33. The molecule has 2 aliphatic carbocycles. The molecule has 1 spiro atoms. The highest BCUT2D eigenvalue weighted by Gasteiger charge is 2.66. The van der Waals surface area contributed by atoms with Crippen molar-refractivity contribution >= 4 is 5.91 Å². The zero-order valence-corrected chi connectivity index (χ0v) is 25.2.